The van der Waals surface area contributed by atoms with Crippen LogP contribution in [0.15, 0.2) is 48.5 Å². The molecule has 21 heavy (non-hydrogen) atoms. The second kappa shape index (κ2) is 6.65. The van der Waals surface area contributed by atoms with Crippen molar-refractivity contribution in [3.05, 3.63) is 48.5 Å². The van der Waals surface area contributed by atoms with Crippen LogP contribution in [0.5, 0.6) is 11.5 Å². The summed E-state index contributed by atoms with van der Waals surface area (Å²) in [5.41, 5.74) is 7.00. The van der Waals surface area contributed by atoms with Gasteiger partial charge in [-0.25, -0.2) is 0 Å². The molecule has 0 bridgehead atoms. The van der Waals surface area contributed by atoms with Gasteiger partial charge in [-0.15, -0.1) is 0 Å². The Balaban J connectivity index is 1.99. The molecule has 0 radical (unpaired) electrons. The smallest absolute Gasteiger partial charge is 0.264 e. The van der Waals surface area contributed by atoms with Crippen molar-refractivity contribution in [2.24, 2.45) is 0 Å². The van der Waals surface area contributed by atoms with Gasteiger partial charge in [-0.2, -0.15) is 0 Å². The van der Waals surface area contributed by atoms with E-state index >= 15 is 0 Å². The predicted octanol–water partition coefficient (Wildman–Crippen LogP) is 2.32. The maximum atomic E-state index is 12.1. The lowest BCUT2D eigenvalue weighted by atomic mass is 10.3. The van der Waals surface area contributed by atoms with E-state index in [-0.39, 0.29) is 12.5 Å². The number of hydrogen-bond acceptors (Lipinski definition) is 4. The highest BCUT2D eigenvalue weighted by molar-refractivity contribution is 5.94. The van der Waals surface area contributed by atoms with Crippen LogP contribution >= 0.6 is 0 Å². The number of carbonyl (C=O) groups is 1. The lowest BCUT2D eigenvalue weighted by Crippen LogP contribution is -2.31. The molecule has 0 saturated heterocycles. The van der Waals surface area contributed by atoms with E-state index in [0.717, 1.165) is 5.69 Å². The summed E-state index contributed by atoms with van der Waals surface area (Å²) in [4.78, 5) is 13.7. The number of likely N-dealkylation sites (N-methyl/N-ethyl adjacent to an activating group) is 1. The van der Waals surface area contributed by atoms with Gasteiger partial charge in [0.05, 0.1) is 7.11 Å². The number of benzene rings is 2. The summed E-state index contributed by atoms with van der Waals surface area (Å²) in [6, 6.07) is 14.3. The van der Waals surface area contributed by atoms with Crippen LogP contribution < -0.4 is 20.1 Å². The van der Waals surface area contributed by atoms with Crippen molar-refractivity contribution in [2.75, 3.05) is 31.4 Å². The van der Waals surface area contributed by atoms with Crippen LogP contribution in [-0.4, -0.2) is 26.7 Å². The molecule has 2 rings (SSSR count). The number of amides is 1. The average Bonchev–Trinajstić information content (AvgIpc) is 2.52. The van der Waals surface area contributed by atoms with Gasteiger partial charge in [0, 0.05) is 30.6 Å². The molecule has 0 aliphatic rings. The molecule has 2 aromatic rings. The molecule has 5 nitrogen and oxygen atoms in total. The van der Waals surface area contributed by atoms with Crippen LogP contribution in [0.1, 0.15) is 0 Å². The molecule has 0 spiro atoms. The van der Waals surface area contributed by atoms with Gasteiger partial charge in [0.25, 0.3) is 5.91 Å². The summed E-state index contributed by atoms with van der Waals surface area (Å²) in [6.45, 7) is -0.0584. The molecular weight excluding hydrogens is 268 g/mol. The van der Waals surface area contributed by atoms with Gasteiger partial charge in [0.1, 0.15) is 11.5 Å². The summed E-state index contributed by atoms with van der Waals surface area (Å²) < 4.78 is 10.6. The van der Waals surface area contributed by atoms with Crippen molar-refractivity contribution >= 4 is 17.3 Å². The number of nitrogen functional groups attached to an aromatic ring is 1. The first-order chi connectivity index (χ1) is 10.1. The number of nitrogens with zero attached hydrogens (tertiary/aromatic N) is 1. The van der Waals surface area contributed by atoms with E-state index in [2.05, 4.69) is 0 Å². The SMILES string of the molecule is COc1cccc(N(C)C(=O)COc2cccc(N)c2)c1. The van der Waals surface area contributed by atoms with Gasteiger partial charge in [0.2, 0.25) is 0 Å². The van der Waals surface area contributed by atoms with E-state index in [4.69, 9.17) is 15.2 Å². The van der Waals surface area contributed by atoms with Crippen LogP contribution in [0.3, 0.4) is 0 Å². The van der Waals surface area contributed by atoms with E-state index in [1.807, 2.05) is 18.2 Å². The number of ether oxygens (including phenoxy) is 2. The third-order valence-electron chi connectivity index (χ3n) is 3.04. The summed E-state index contributed by atoms with van der Waals surface area (Å²) in [7, 11) is 3.28. The fourth-order valence-corrected chi connectivity index (χ4v) is 1.81. The van der Waals surface area contributed by atoms with Crippen LogP contribution in [0.2, 0.25) is 0 Å². The first-order valence-electron chi connectivity index (χ1n) is 6.49. The Morgan fingerprint density at radius 2 is 1.86 bits per heavy atom. The fraction of sp³-hybridized carbons (Fsp3) is 0.188. The molecule has 0 aromatic heterocycles. The van der Waals surface area contributed by atoms with Gasteiger partial charge in [-0.05, 0) is 24.3 Å². The van der Waals surface area contributed by atoms with Crippen molar-refractivity contribution in [2.45, 2.75) is 0 Å². The first kappa shape index (κ1) is 14.7. The Morgan fingerprint density at radius 3 is 2.57 bits per heavy atom. The minimum Gasteiger partial charge on any atom is -0.497 e. The van der Waals surface area contributed by atoms with Crippen molar-refractivity contribution < 1.29 is 14.3 Å². The van der Waals surface area contributed by atoms with Crippen molar-refractivity contribution in [1.29, 1.82) is 0 Å². The van der Waals surface area contributed by atoms with E-state index < -0.39 is 0 Å². The van der Waals surface area contributed by atoms with Gasteiger partial charge in [-0.3, -0.25) is 4.79 Å². The fourth-order valence-electron chi connectivity index (χ4n) is 1.81. The highest BCUT2D eigenvalue weighted by Crippen LogP contribution is 2.20. The first-order valence-corrected chi connectivity index (χ1v) is 6.49. The molecule has 0 aliphatic heterocycles. The standard InChI is InChI=1S/C16H18N2O3/c1-18(13-6-4-7-14(10-13)20-2)16(19)11-21-15-8-3-5-12(17)9-15/h3-10H,11,17H2,1-2H3. The van der Waals surface area contributed by atoms with Crippen molar-refractivity contribution in [1.82, 2.24) is 0 Å². The zero-order chi connectivity index (χ0) is 15.2. The molecule has 0 unspecified atom stereocenters. The number of methoxy groups -OCH3 is 1. The lowest BCUT2D eigenvalue weighted by Gasteiger charge is -2.18. The van der Waals surface area contributed by atoms with E-state index in [1.165, 1.54) is 4.90 Å². The summed E-state index contributed by atoms with van der Waals surface area (Å²) in [5, 5.41) is 0. The summed E-state index contributed by atoms with van der Waals surface area (Å²) in [6.07, 6.45) is 0. The molecule has 0 saturated carbocycles. The molecule has 1 amide bonds. The van der Waals surface area contributed by atoms with Crippen molar-refractivity contribution in [3.63, 3.8) is 0 Å². The van der Waals surface area contributed by atoms with E-state index in [0.29, 0.717) is 17.2 Å². The van der Waals surface area contributed by atoms with Crippen LogP contribution in [0.4, 0.5) is 11.4 Å². The Morgan fingerprint density at radius 1 is 1.14 bits per heavy atom. The monoisotopic (exact) mass is 286 g/mol. The van der Waals surface area contributed by atoms with Gasteiger partial charge >= 0.3 is 0 Å². The minimum absolute atomic E-state index is 0.0584. The topological polar surface area (TPSA) is 64.8 Å². The molecule has 110 valence electrons. The number of hydrogen-bond donors (Lipinski definition) is 1. The Bertz CT molecular complexity index is 628. The van der Waals surface area contributed by atoms with Gasteiger partial charge < -0.3 is 20.1 Å². The molecule has 5 heteroatoms. The highest BCUT2D eigenvalue weighted by atomic mass is 16.5. The second-order valence-corrected chi connectivity index (χ2v) is 4.52. The van der Waals surface area contributed by atoms with Crippen molar-refractivity contribution in [3.8, 4) is 11.5 Å². The van der Waals surface area contributed by atoms with Crippen LogP contribution in [0.25, 0.3) is 0 Å². The summed E-state index contributed by atoms with van der Waals surface area (Å²) >= 11 is 0. The molecule has 0 aliphatic carbocycles. The highest BCUT2D eigenvalue weighted by Gasteiger charge is 2.12. The average molecular weight is 286 g/mol. The molecule has 0 atom stereocenters. The number of rotatable bonds is 5. The van der Waals surface area contributed by atoms with Gasteiger partial charge in [-0.1, -0.05) is 12.1 Å². The zero-order valence-corrected chi connectivity index (χ0v) is 12.1. The molecular formula is C16H18N2O3. The van der Waals surface area contributed by atoms with E-state index in [1.54, 1.807) is 44.5 Å². The normalized spacial score (nSPS) is 10.0. The Hall–Kier alpha value is -2.69. The maximum absolute atomic E-state index is 12.1. The largest absolute Gasteiger partial charge is 0.497 e. The zero-order valence-electron chi connectivity index (χ0n) is 12.1. The summed E-state index contributed by atoms with van der Waals surface area (Å²) in [5.74, 6) is 1.11. The quantitative estimate of drug-likeness (QED) is 0.857. The minimum atomic E-state index is -0.161. The maximum Gasteiger partial charge on any atom is 0.264 e. The Kier molecular flexibility index (Phi) is 4.66. The predicted molar refractivity (Wildman–Crippen MR) is 82.8 cm³/mol. The molecule has 2 aromatic carbocycles. The van der Waals surface area contributed by atoms with Crippen LogP contribution in [-0.2, 0) is 4.79 Å². The number of carbonyl (C=O) groups excluding carboxylic acids is 1. The number of nitrogens with two attached hydrogens (primary N) is 1. The number of anilines is 2. The van der Waals surface area contributed by atoms with Gasteiger partial charge in [0.15, 0.2) is 6.61 Å². The third kappa shape index (κ3) is 3.89. The second-order valence-electron chi connectivity index (χ2n) is 4.52. The third-order valence-corrected chi connectivity index (χ3v) is 3.04. The Labute approximate surface area is 123 Å². The van der Waals surface area contributed by atoms with Crippen LogP contribution in [0, 0.1) is 0 Å². The molecule has 0 heterocycles. The van der Waals surface area contributed by atoms with E-state index in [9.17, 15) is 4.79 Å². The lowest BCUT2D eigenvalue weighted by molar-refractivity contribution is -0.120. The molecule has 0 fully saturated rings. The molecule has 2 N–H and O–H groups in total.